The third kappa shape index (κ3) is 3.94. The lowest BCUT2D eigenvalue weighted by Crippen LogP contribution is -2.37. The van der Waals surface area contributed by atoms with E-state index in [0.29, 0.717) is 18.7 Å². The van der Waals surface area contributed by atoms with E-state index in [4.69, 9.17) is 0 Å². The van der Waals surface area contributed by atoms with Gasteiger partial charge in [-0.3, -0.25) is 4.79 Å². The molecule has 1 N–H and O–H groups in total. The van der Waals surface area contributed by atoms with Gasteiger partial charge in [-0.1, -0.05) is 13.0 Å². The Hall–Kier alpha value is -1.62. The summed E-state index contributed by atoms with van der Waals surface area (Å²) in [6.07, 6.45) is 2.17. The summed E-state index contributed by atoms with van der Waals surface area (Å²) in [6.45, 7) is 5.23. The van der Waals surface area contributed by atoms with Crippen LogP contribution in [0.3, 0.4) is 0 Å². The van der Waals surface area contributed by atoms with Crippen LogP contribution in [0.4, 0.5) is 10.1 Å². The van der Waals surface area contributed by atoms with E-state index in [-0.39, 0.29) is 11.7 Å². The molecule has 0 atom stereocenters. The SMILES string of the molecule is CCNCc1c(F)cccc1N(C)CC(=O)N1CCCC1. The van der Waals surface area contributed by atoms with Gasteiger partial charge in [0.15, 0.2) is 0 Å². The van der Waals surface area contributed by atoms with E-state index in [9.17, 15) is 9.18 Å². The van der Waals surface area contributed by atoms with Crippen molar-refractivity contribution in [1.29, 1.82) is 0 Å². The molecule has 0 aliphatic carbocycles. The Balaban J connectivity index is 2.08. The molecule has 0 aromatic heterocycles. The quantitative estimate of drug-likeness (QED) is 0.871. The van der Waals surface area contributed by atoms with Gasteiger partial charge in [0, 0.05) is 37.9 Å². The van der Waals surface area contributed by atoms with Crippen LogP contribution in [0.1, 0.15) is 25.3 Å². The van der Waals surface area contributed by atoms with E-state index < -0.39 is 0 Å². The van der Waals surface area contributed by atoms with Crippen molar-refractivity contribution in [3.63, 3.8) is 0 Å². The predicted octanol–water partition coefficient (Wildman–Crippen LogP) is 1.99. The summed E-state index contributed by atoms with van der Waals surface area (Å²) < 4.78 is 14.0. The predicted molar refractivity (Wildman–Crippen MR) is 82.9 cm³/mol. The van der Waals surface area contributed by atoms with Gasteiger partial charge >= 0.3 is 0 Å². The molecule has 1 aliphatic rings. The Labute approximate surface area is 125 Å². The fraction of sp³-hybridized carbons (Fsp3) is 0.562. The zero-order valence-corrected chi connectivity index (χ0v) is 12.9. The number of amides is 1. The molecule has 21 heavy (non-hydrogen) atoms. The number of carbonyl (C=O) groups excluding carboxylic acids is 1. The van der Waals surface area contributed by atoms with Gasteiger partial charge in [0.1, 0.15) is 5.82 Å². The van der Waals surface area contributed by atoms with E-state index in [0.717, 1.165) is 38.2 Å². The third-order valence-corrected chi connectivity index (χ3v) is 3.89. The van der Waals surface area contributed by atoms with E-state index in [1.807, 2.05) is 29.8 Å². The Kier molecular flexibility index (Phi) is 5.56. The maximum atomic E-state index is 14.0. The summed E-state index contributed by atoms with van der Waals surface area (Å²) in [5.41, 5.74) is 1.40. The average Bonchev–Trinajstić information content (AvgIpc) is 3.00. The largest absolute Gasteiger partial charge is 0.365 e. The number of rotatable bonds is 6. The van der Waals surface area contributed by atoms with Gasteiger partial charge < -0.3 is 15.1 Å². The molecule has 0 bridgehead atoms. The molecule has 0 spiro atoms. The summed E-state index contributed by atoms with van der Waals surface area (Å²) in [4.78, 5) is 15.9. The topological polar surface area (TPSA) is 35.6 Å². The second-order valence-electron chi connectivity index (χ2n) is 5.46. The van der Waals surface area contributed by atoms with Gasteiger partial charge in [-0.05, 0) is 31.5 Å². The molecule has 1 amide bonds. The number of hydrogen-bond donors (Lipinski definition) is 1. The third-order valence-electron chi connectivity index (χ3n) is 3.89. The number of anilines is 1. The van der Waals surface area contributed by atoms with Crippen molar-refractivity contribution in [3.8, 4) is 0 Å². The molecule has 5 heteroatoms. The maximum absolute atomic E-state index is 14.0. The first-order chi connectivity index (χ1) is 10.1. The van der Waals surface area contributed by atoms with Crippen LogP contribution < -0.4 is 10.2 Å². The highest BCUT2D eigenvalue weighted by atomic mass is 19.1. The van der Waals surface area contributed by atoms with Gasteiger partial charge in [0.25, 0.3) is 0 Å². The van der Waals surface area contributed by atoms with Gasteiger partial charge in [-0.25, -0.2) is 4.39 Å². The molecule has 1 heterocycles. The first kappa shape index (κ1) is 15.8. The van der Waals surface area contributed by atoms with Crippen LogP contribution in [0.2, 0.25) is 0 Å². The van der Waals surface area contributed by atoms with E-state index in [1.54, 1.807) is 6.07 Å². The van der Waals surface area contributed by atoms with Crippen molar-refractivity contribution < 1.29 is 9.18 Å². The lowest BCUT2D eigenvalue weighted by Gasteiger charge is -2.25. The molecule has 1 aromatic carbocycles. The van der Waals surface area contributed by atoms with Gasteiger partial charge in [-0.15, -0.1) is 0 Å². The van der Waals surface area contributed by atoms with Gasteiger partial charge in [0.05, 0.1) is 6.54 Å². The smallest absolute Gasteiger partial charge is 0.242 e. The zero-order valence-electron chi connectivity index (χ0n) is 12.9. The molecular weight excluding hydrogens is 269 g/mol. The van der Waals surface area contributed by atoms with E-state index in [2.05, 4.69) is 5.32 Å². The Morgan fingerprint density at radius 2 is 2.10 bits per heavy atom. The molecular formula is C16H24FN3O. The van der Waals surface area contributed by atoms with Crippen molar-refractivity contribution in [2.75, 3.05) is 38.1 Å². The van der Waals surface area contributed by atoms with Crippen LogP contribution in [0, 0.1) is 5.82 Å². The first-order valence-corrected chi connectivity index (χ1v) is 7.60. The molecule has 1 aliphatic heterocycles. The molecule has 0 unspecified atom stereocenters. The van der Waals surface area contributed by atoms with Crippen LogP contribution in [-0.4, -0.2) is 44.0 Å². The van der Waals surface area contributed by atoms with E-state index >= 15 is 0 Å². The summed E-state index contributed by atoms with van der Waals surface area (Å²) >= 11 is 0. The van der Waals surface area contributed by atoms with Crippen LogP contribution >= 0.6 is 0 Å². The fourth-order valence-corrected chi connectivity index (χ4v) is 2.68. The highest BCUT2D eigenvalue weighted by molar-refractivity contribution is 5.82. The normalized spacial score (nSPS) is 14.5. The summed E-state index contributed by atoms with van der Waals surface area (Å²) in [5.74, 6) is -0.109. The van der Waals surface area contributed by atoms with Crippen LogP contribution in [-0.2, 0) is 11.3 Å². The monoisotopic (exact) mass is 293 g/mol. The molecule has 1 aromatic rings. The molecule has 4 nitrogen and oxygen atoms in total. The Morgan fingerprint density at radius 3 is 2.76 bits per heavy atom. The first-order valence-electron chi connectivity index (χ1n) is 7.60. The second-order valence-corrected chi connectivity index (χ2v) is 5.46. The second kappa shape index (κ2) is 7.41. The van der Waals surface area contributed by atoms with Crippen molar-refractivity contribution >= 4 is 11.6 Å². The average molecular weight is 293 g/mol. The number of carbonyl (C=O) groups is 1. The standard InChI is InChI=1S/C16H24FN3O/c1-3-18-11-13-14(17)7-6-8-15(13)19(2)12-16(21)20-9-4-5-10-20/h6-8,18H,3-5,9-12H2,1-2H3. The van der Waals surface area contributed by atoms with Crippen molar-refractivity contribution in [3.05, 3.63) is 29.6 Å². The number of hydrogen-bond acceptors (Lipinski definition) is 3. The van der Waals surface area contributed by atoms with Crippen LogP contribution in [0.15, 0.2) is 18.2 Å². The minimum Gasteiger partial charge on any atom is -0.365 e. The van der Waals surface area contributed by atoms with Gasteiger partial charge in [0.2, 0.25) is 5.91 Å². The summed E-state index contributed by atoms with van der Waals surface area (Å²) in [6, 6.07) is 5.02. The number of halogens is 1. The summed E-state index contributed by atoms with van der Waals surface area (Å²) in [5, 5.41) is 3.15. The highest BCUT2D eigenvalue weighted by Gasteiger charge is 2.20. The van der Waals surface area contributed by atoms with Crippen LogP contribution in [0.5, 0.6) is 0 Å². The fourth-order valence-electron chi connectivity index (χ4n) is 2.68. The number of likely N-dealkylation sites (tertiary alicyclic amines) is 1. The highest BCUT2D eigenvalue weighted by Crippen LogP contribution is 2.22. The Morgan fingerprint density at radius 1 is 1.38 bits per heavy atom. The lowest BCUT2D eigenvalue weighted by molar-refractivity contribution is -0.128. The maximum Gasteiger partial charge on any atom is 0.242 e. The lowest BCUT2D eigenvalue weighted by atomic mass is 10.1. The van der Waals surface area contributed by atoms with Crippen LogP contribution in [0.25, 0.3) is 0 Å². The van der Waals surface area contributed by atoms with E-state index in [1.165, 1.54) is 6.07 Å². The minimum atomic E-state index is -0.228. The molecule has 1 saturated heterocycles. The van der Waals surface area contributed by atoms with Crippen molar-refractivity contribution in [1.82, 2.24) is 10.2 Å². The molecule has 1 fully saturated rings. The van der Waals surface area contributed by atoms with Gasteiger partial charge in [-0.2, -0.15) is 0 Å². The number of nitrogens with zero attached hydrogens (tertiary/aromatic N) is 2. The Bertz CT molecular complexity index is 486. The number of likely N-dealkylation sites (N-methyl/N-ethyl adjacent to an activating group) is 1. The molecule has 0 saturated carbocycles. The minimum absolute atomic E-state index is 0.119. The molecule has 2 rings (SSSR count). The number of nitrogens with one attached hydrogen (secondary N) is 1. The number of benzene rings is 1. The summed E-state index contributed by atoms with van der Waals surface area (Å²) in [7, 11) is 1.85. The molecule has 0 radical (unpaired) electrons. The van der Waals surface area contributed by atoms with Crippen molar-refractivity contribution in [2.45, 2.75) is 26.3 Å². The zero-order chi connectivity index (χ0) is 15.2. The molecule has 116 valence electrons. The van der Waals surface area contributed by atoms with Crippen molar-refractivity contribution in [2.24, 2.45) is 0 Å².